The maximum Gasteiger partial charge on any atom is 0.237 e. The Balaban J connectivity index is 1.61. The third-order valence-electron chi connectivity index (χ3n) is 4.04. The van der Waals surface area contributed by atoms with Crippen LogP contribution < -0.4 is 10.1 Å². The Kier molecular flexibility index (Phi) is 5.61. The highest BCUT2D eigenvalue weighted by atomic mass is 35.5. The van der Waals surface area contributed by atoms with Gasteiger partial charge in [0.25, 0.3) is 0 Å². The molecular weight excluding hydrogens is 336 g/mol. The van der Waals surface area contributed by atoms with Gasteiger partial charge in [0.2, 0.25) is 5.91 Å². The fraction of sp³-hybridized carbons (Fsp3) is 0.250. The van der Waals surface area contributed by atoms with E-state index in [0.717, 1.165) is 34.2 Å². The average Bonchev–Trinajstić information content (AvgIpc) is 3.03. The van der Waals surface area contributed by atoms with Crippen LogP contribution in [0.25, 0.3) is 10.9 Å². The van der Waals surface area contributed by atoms with Crippen LogP contribution in [0.15, 0.2) is 54.7 Å². The second-order valence-corrected chi connectivity index (χ2v) is 6.61. The number of halogens is 1. The van der Waals surface area contributed by atoms with Crippen molar-refractivity contribution in [3.8, 4) is 5.75 Å². The summed E-state index contributed by atoms with van der Waals surface area (Å²) in [6, 6.07) is 16.1. The number of aromatic nitrogens is 1. The number of hydrogen-bond acceptors (Lipinski definition) is 2. The van der Waals surface area contributed by atoms with E-state index >= 15 is 0 Å². The van der Waals surface area contributed by atoms with Crippen molar-refractivity contribution >= 4 is 28.4 Å². The van der Waals surface area contributed by atoms with Crippen LogP contribution >= 0.6 is 11.6 Å². The van der Waals surface area contributed by atoms with Crippen LogP contribution in [0.5, 0.6) is 5.75 Å². The van der Waals surface area contributed by atoms with Gasteiger partial charge in [-0.25, -0.2) is 0 Å². The molecule has 25 heavy (non-hydrogen) atoms. The van der Waals surface area contributed by atoms with E-state index in [0.29, 0.717) is 13.2 Å². The number of benzene rings is 2. The molecule has 0 aliphatic rings. The van der Waals surface area contributed by atoms with Gasteiger partial charge in [0, 0.05) is 29.7 Å². The van der Waals surface area contributed by atoms with Crippen LogP contribution in [-0.4, -0.2) is 22.8 Å². The van der Waals surface area contributed by atoms with Crippen molar-refractivity contribution in [3.05, 3.63) is 65.9 Å². The first kappa shape index (κ1) is 17.4. The van der Waals surface area contributed by atoms with Gasteiger partial charge in [-0.15, -0.1) is 11.6 Å². The Hall–Kier alpha value is -2.46. The molecule has 3 rings (SSSR count). The van der Waals surface area contributed by atoms with Crippen molar-refractivity contribution in [2.24, 2.45) is 0 Å². The van der Waals surface area contributed by atoms with E-state index in [1.54, 1.807) is 6.92 Å². The molecule has 1 unspecified atom stereocenters. The van der Waals surface area contributed by atoms with Crippen molar-refractivity contribution in [3.63, 3.8) is 0 Å². The average molecular weight is 357 g/mol. The van der Waals surface area contributed by atoms with Gasteiger partial charge in [-0.1, -0.05) is 30.3 Å². The van der Waals surface area contributed by atoms with Crippen molar-refractivity contribution in [2.45, 2.75) is 25.3 Å². The number of nitrogens with one attached hydrogen (secondary N) is 2. The van der Waals surface area contributed by atoms with E-state index < -0.39 is 5.38 Å². The normalized spacial score (nSPS) is 12.1. The zero-order chi connectivity index (χ0) is 17.6. The lowest BCUT2D eigenvalue weighted by Crippen LogP contribution is -2.31. The van der Waals surface area contributed by atoms with Gasteiger partial charge in [0.1, 0.15) is 17.7 Å². The SMILES string of the molecule is CC(Cl)C(=O)NCCc1c[nH]c2cc(OCc3ccccc3)ccc12. The summed E-state index contributed by atoms with van der Waals surface area (Å²) in [6.07, 6.45) is 2.72. The minimum atomic E-state index is -0.507. The maximum absolute atomic E-state index is 11.5. The smallest absolute Gasteiger partial charge is 0.237 e. The van der Waals surface area contributed by atoms with Gasteiger partial charge in [-0.2, -0.15) is 0 Å². The fourth-order valence-corrected chi connectivity index (χ4v) is 2.74. The minimum Gasteiger partial charge on any atom is -0.489 e. The Morgan fingerprint density at radius 1 is 1.24 bits per heavy atom. The van der Waals surface area contributed by atoms with Crippen molar-refractivity contribution in [2.75, 3.05) is 6.54 Å². The van der Waals surface area contributed by atoms with Gasteiger partial charge in [-0.3, -0.25) is 4.79 Å². The molecule has 0 saturated carbocycles. The summed E-state index contributed by atoms with van der Waals surface area (Å²) in [5, 5.41) is 3.46. The number of carbonyl (C=O) groups is 1. The Labute approximate surface area is 152 Å². The fourth-order valence-electron chi connectivity index (χ4n) is 2.66. The van der Waals surface area contributed by atoms with Crippen LogP contribution in [0, 0.1) is 0 Å². The first-order chi connectivity index (χ1) is 12.1. The predicted molar refractivity (Wildman–Crippen MR) is 101 cm³/mol. The van der Waals surface area contributed by atoms with Crippen LogP contribution in [-0.2, 0) is 17.8 Å². The Morgan fingerprint density at radius 3 is 2.80 bits per heavy atom. The molecule has 1 aromatic heterocycles. The third-order valence-corrected chi connectivity index (χ3v) is 4.24. The summed E-state index contributed by atoms with van der Waals surface area (Å²) in [5.41, 5.74) is 3.32. The van der Waals surface area contributed by atoms with Crippen LogP contribution in [0.1, 0.15) is 18.1 Å². The second-order valence-electron chi connectivity index (χ2n) is 5.95. The van der Waals surface area contributed by atoms with Gasteiger partial charge in [0.15, 0.2) is 0 Å². The second kappa shape index (κ2) is 8.08. The summed E-state index contributed by atoms with van der Waals surface area (Å²) < 4.78 is 5.86. The number of amides is 1. The van der Waals surface area contributed by atoms with Crippen molar-refractivity contribution in [1.82, 2.24) is 10.3 Å². The highest BCUT2D eigenvalue weighted by molar-refractivity contribution is 6.30. The Bertz CT molecular complexity index is 843. The molecule has 0 fully saturated rings. The molecule has 2 N–H and O–H groups in total. The minimum absolute atomic E-state index is 0.141. The number of fused-ring (bicyclic) bond motifs is 1. The summed E-state index contributed by atoms with van der Waals surface area (Å²) >= 11 is 5.74. The molecule has 1 amide bonds. The quantitative estimate of drug-likeness (QED) is 0.628. The molecule has 0 saturated heterocycles. The maximum atomic E-state index is 11.5. The summed E-state index contributed by atoms with van der Waals surface area (Å²) in [4.78, 5) is 14.8. The lowest BCUT2D eigenvalue weighted by molar-refractivity contribution is -0.120. The number of rotatable bonds is 7. The zero-order valence-corrected chi connectivity index (χ0v) is 14.8. The first-order valence-corrected chi connectivity index (χ1v) is 8.75. The van der Waals surface area contributed by atoms with E-state index in [4.69, 9.17) is 16.3 Å². The molecular formula is C20H21ClN2O2. The molecule has 5 heteroatoms. The molecule has 2 aromatic carbocycles. The molecule has 1 atom stereocenters. The van der Waals surface area contributed by atoms with E-state index in [2.05, 4.69) is 10.3 Å². The molecule has 0 aliphatic heterocycles. The molecule has 0 bridgehead atoms. The van der Waals surface area contributed by atoms with E-state index in [1.165, 1.54) is 0 Å². The molecule has 1 heterocycles. The number of alkyl halides is 1. The molecule has 0 spiro atoms. The van der Waals surface area contributed by atoms with Gasteiger partial charge in [-0.05, 0) is 36.6 Å². The highest BCUT2D eigenvalue weighted by Crippen LogP contribution is 2.24. The van der Waals surface area contributed by atoms with E-state index in [9.17, 15) is 4.79 Å². The lowest BCUT2D eigenvalue weighted by Gasteiger charge is -2.07. The predicted octanol–water partition coefficient (Wildman–Crippen LogP) is 4.03. The summed E-state index contributed by atoms with van der Waals surface area (Å²) in [5.74, 6) is 0.687. The third kappa shape index (κ3) is 4.54. The molecule has 4 nitrogen and oxygen atoms in total. The lowest BCUT2D eigenvalue weighted by atomic mass is 10.1. The monoisotopic (exact) mass is 356 g/mol. The number of aromatic amines is 1. The topological polar surface area (TPSA) is 54.1 Å². The number of ether oxygens (including phenoxy) is 1. The van der Waals surface area contributed by atoms with Crippen LogP contribution in [0.2, 0.25) is 0 Å². The zero-order valence-electron chi connectivity index (χ0n) is 14.1. The van der Waals surface area contributed by atoms with Crippen molar-refractivity contribution in [1.29, 1.82) is 0 Å². The highest BCUT2D eigenvalue weighted by Gasteiger charge is 2.09. The molecule has 0 radical (unpaired) electrons. The van der Waals surface area contributed by atoms with Crippen LogP contribution in [0.4, 0.5) is 0 Å². The van der Waals surface area contributed by atoms with Gasteiger partial charge >= 0.3 is 0 Å². The molecule has 130 valence electrons. The largest absolute Gasteiger partial charge is 0.489 e. The van der Waals surface area contributed by atoms with E-state index in [1.807, 2.05) is 54.7 Å². The first-order valence-electron chi connectivity index (χ1n) is 8.32. The van der Waals surface area contributed by atoms with Gasteiger partial charge < -0.3 is 15.0 Å². The van der Waals surface area contributed by atoms with E-state index in [-0.39, 0.29) is 5.91 Å². The number of H-pyrrole nitrogens is 1. The standard InChI is InChI=1S/C20H21ClN2O2/c1-14(21)20(24)22-10-9-16-12-23-19-11-17(7-8-18(16)19)25-13-15-5-3-2-4-6-15/h2-8,11-12,14,23H,9-10,13H2,1H3,(H,22,24). The molecule has 3 aromatic rings. The van der Waals surface area contributed by atoms with Gasteiger partial charge in [0.05, 0.1) is 0 Å². The van der Waals surface area contributed by atoms with Crippen molar-refractivity contribution < 1.29 is 9.53 Å². The number of carbonyl (C=O) groups excluding carboxylic acids is 1. The summed E-state index contributed by atoms with van der Waals surface area (Å²) in [6.45, 7) is 2.78. The van der Waals surface area contributed by atoms with Crippen LogP contribution in [0.3, 0.4) is 0 Å². The summed E-state index contributed by atoms with van der Waals surface area (Å²) in [7, 11) is 0. The Morgan fingerprint density at radius 2 is 2.04 bits per heavy atom. The number of hydrogen-bond donors (Lipinski definition) is 2. The molecule has 0 aliphatic carbocycles.